The molecule has 0 aliphatic carbocycles. The van der Waals surface area contributed by atoms with Crippen molar-refractivity contribution in [2.75, 3.05) is 7.05 Å². The molecule has 88 valence electrons. The lowest BCUT2D eigenvalue weighted by molar-refractivity contribution is 0.819. The number of aromatic nitrogens is 1. The summed E-state index contributed by atoms with van der Waals surface area (Å²) >= 11 is 6.02. The molecule has 0 atom stereocenters. The van der Waals surface area contributed by atoms with Gasteiger partial charge in [0.1, 0.15) is 0 Å². The second-order valence-corrected chi connectivity index (χ2v) is 4.46. The Morgan fingerprint density at radius 3 is 2.71 bits per heavy atom. The molecule has 0 radical (unpaired) electrons. The maximum Gasteiger partial charge on any atom is 0.0409 e. The molecular formula is C14H15ClN2. The SMILES string of the molecule is CNCc1cc(Cl)ccc1-c1ccc(C)nc1. The molecule has 1 aromatic heterocycles. The predicted octanol–water partition coefficient (Wildman–Crippen LogP) is 3.43. The molecule has 1 heterocycles. The van der Waals surface area contributed by atoms with E-state index in [1.165, 1.54) is 11.1 Å². The number of nitrogens with zero attached hydrogens (tertiary/aromatic N) is 1. The molecule has 0 aliphatic rings. The number of halogens is 1. The van der Waals surface area contributed by atoms with Crippen molar-refractivity contribution in [3.05, 3.63) is 52.8 Å². The second-order valence-electron chi connectivity index (χ2n) is 4.02. The Hall–Kier alpha value is -1.38. The minimum Gasteiger partial charge on any atom is -0.316 e. The number of nitrogens with one attached hydrogen (secondary N) is 1. The van der Waals surface area contributed by atoms with Crippen molar-refractivity contribution >= 4 is 11.6 Å². The maximum absolute atomic E-state index is 6.02. The first-order chi connectivity index (χ1) is 8.20. The van der Waals surface area contributed by atoms with Crippen molar-refractivity contribution in [1.82, 2.24) is 10.3 Å². The molecule has 0 spiro atoms. The van der Waals surface area contributed by atoms with Gasteiger partial charge in [-0.1, -0.05) is 23.7 Å². The van der Waals surface area contributed by atoms with Crippen LogP contribution in [0.25, 0.3) is 11.1 Å². The van der Waals surface area contributed by atoms with Crippen LogP contribution >= 0.6 is 11.6 Å². The van der Waals surface area contributed by atoms with E-state index in [0.717, 1.165) is 22.8 Å². The van der Waals surface area contributed by atoms with Crippen molar-refractivity contribution in [3.8, 4) is 11.1 Å². The molecule has 0 amide bonds. The highest BCUT2D eigenvalue weighted by Crippen LogP contribution is 2.26. The van der Waals surface area contributed by atoms with Crippen LogP contribution < -0.4 is 5.32 Å². The van der Waals surface area contributed by atoms with E-state index in [1.807, 2.05) is 44.4 Å². The van der Waals surface area contributed by atoms with Gasteiger partial charge in [0.25, 0.3) is 0 Å². The fourth-order valence-electron chi connectivity index (χ4n) is 1.81. The molecule has 3 heteroatoms. The highest BCUT2D eigenvalue weighted by atomic mass is 35.5. The minimum atomic E-state index is 0.763. The molecule has 2 rings (SSSR count). The molecule has 1 aromatic carbocycles. The first-order valence-electron chi connectivity index (χ1n) is 5.57. The van der Waals surface area contributed by atoms with Crippen LogP contribution in [0.15, 0.2) is 36.5 Å². The van der Waals surface area contributed by atoms with Crippen molar-refractivity contribution in [1.29, 1.82) is 0 Å². The van der Waals surface area contributed by atoms with Gasteiger partial charge in [0.05, 0.1) is 0 Å². The number of benzene rings is 1. The number of rotatable bonds is 3. The van der Waals surface area contributed by atoms with E-state index in [-0.39, 0.29) is 0 Å². The van der Waals surface area contributed by atoms with Crippen LogP contribution in [0, 0.1) is 6.92 Å². The highest BCUT2D eigenvalue weighted by Gasteiger charge is 2.05. The molecule has 1 N–H and O–H groups in total. The summed E-state index contributed by atoms with van der Waals surface area (Å²) in [5.74, 6) is 0. The Labute approximate surface area is 107 Å². The molecule has 0 aliphatic heterocycles. The van der Waals surface area contributed by atoms with Gasteiger partial charge in [-0.3, -0.25) is 4.98 Å². The smallest absolute Gasteiger partial charge is 0.0409 e. The number of pyridine rings is 1. The van der Waals surface area contributed by atoms with Gasteiger partial charge >= 0.3 is 0 Å². The zero-order valence-electron chi connectivity index (χ0n) is 10.00. The fraction of sp³-hybridized carbons (Fsp3) is 0.214. The van der Waals surface area contributed by atoms with E-state index in [2.05, 4.69) is 16.4 Å². The monoisotopic (exact) mass is 246 g/mol. The standard InChI is InChI=1S/C14H15ClN2/c1-10-3-4-11(9-17-10)14-6-5-13(15)7-12(14)8-16-2/h3-7,9,16H,8H2,1-2H3. The van der Waals surface area contributed by atoms with Gasteiger partial charge < -0.3 is 5.32 Å². The second kappa shape index (κ2) is 5.30. The van der Waals surface area contributed by atoms with E-state index in [4.69, 9.17) is 11.6 Å². The van der Waals surface area contributed by atoms with Crippen molar-refractivity contribution in [3.63, 3.8) is 0 Å². The Morgan fingerprint density at radius 2 is 2.06 bits per heavy atom. The first-order valence-corrected chi connectivity index (χ1v) is 5.94. The molecule has 0 unspecified atom stereocenters. The summed E-state index contributed by atoms with van der Waals surface area (Å²) in [5, 5.41) is 3.92. The Balaban J connectivity index is 2.46. The average Bonchev–Trinajstić information content (AvgIpc) is 2.31. The zero-order chi connectivity index (χ0) is 12.3. The average molecular weight is 247 g/mol. The first kappa shape index (κ1) is 12.1. The highest BCUT2D eigenvalue weighted by molar-refractivity contribution is 6.30. The van der Waals surface area contributed by atoms with Crippen LogP contribution in [-0.2, 0) is 6.54 Å². The topological polar surface area (TPSA) is 24.9 Å². The van der Waals surface area contributed by atoms with Crippen LogP contribution in [-0.4, -0.2) is 12.0 Å². The van der Waals surface area contributed by atoms with Gasteiger partial charge in [0, 0.05) is 29.0 Å². The number of aryl methyl sites for hydroxylation is 1. The van der Waals surface area contributed by atoms with Gasteiger partial charge in [-0.05, 0) is 43.3 Å². The normalized spacial score (nSPS) is 10.5. The quantitative estimate of drug-likeness (QED) is 0.898. The molecule has 2 nitrogen and oxygen atoms in total. The Bertz CT molecular complexity index is 506. The zero-order valence-corrected chi connectivity index (χ0v) is 10.8. The lowest BCUT2D eigenvalue weighted by Crippen LogP contribution is -2.06. The summed E-state index contributed by atoms with van der Waals surface area (Å²) in [7, 11) is 1.93. The molecule has 0 fully saturated rings. The van der Waals surface area contributed by atoms with E-state index >= 15 is 0 Å². The van der Waals surface area contributed by atoms with E-state index < -0.39 is 0 Å². The third-order valence-corrected chi connectivity index (χ3v) is 2.89. The van der Waals surface area contributed by atoms with Gasteiger partial charge in [-0.25, -0.2) is 0 Å². The molecule has 0 bridgehead atoms. The van der Waals surface area contributed by atoms with Crippen LogP contribution in [0.4, 0.5) is 0 Å². The number of hydrogen-bond donors (Lipinski definition) is 1. The minimum absolute atomic E-state index is 0.763. The van der Waals surface area contributed by atoms with E-state index in [9.17, 15) is 0 Å². The van der Waals surface area contributed by atoms with Gasteiger partial charge in [0.2, 0.25) is 0 Å². The van der Waals surface area contributed by atoms with E-state index in [0.29, 0.717) is 0 Å². The van der Waals surface area contributed by atoms with Crippen LogP contribution in [0.2, 0.25) is 5.02 Å². The Kier molecular flexibility index (Phi) is 3.77. The summed E-state index contributed by atoms with van der Waals surface area (Å²) in [6.07, 6.45) is 1.90. The lowest BCUT2D eigenvalue weighted by Gasteiger charge is -2.10. The molecular weight excluding hydrogens is 232 g/mol. The van der Waals surface area contributed by atoms with Gasteiger partial charge in [0.15, 0.2) is 0 Å². The van der Waals surface area contributed by atoms with Crippen molar-refractivity contribution in [2.24, 2.45) is 0 Å². The molecule has 17 heavy (non-hydrogen) atoms. The van der Waals surface area contributed by atoms with Crippen LogP contribution in [0.3, 0.4) is 0 Å². The van der Waals surface area contributed by atoms with Crippen molar-refractivity contribution in [2.45, 2.75) is 13.5 Å². The largest absolute Gasteiger partial charge is 0.316 e. The van der Waals surface area contributed by atoms with Gasteiger partial charge in [-0.15, -0.1) is 0 Å². The summed E-state index contributed by atoms with van der Waals surface area (Å²) in [6, 6.07) is 10.1. The summed E-state index contributed by atoms with van der Waals surface area (Å²) in [4.78, 5) is 4.33. The lowest BCUT2D eigenvalue weighted by atomic mass is 10.0. The fourth-order valence-corrected chi connectivity index (χ4v) is 2.00. The van der Waals surface area contributed by atoms with Crippen LogP contribution in [0.1, 0.15) is 11.3 Å². The third-order valence-electron chi connectivity index (χ3n) is 2.66. The third kappa shape index (κ3) is 2.84. The molecule has 0 saturated heterocycles. The molecule has 2 aromatic rings. The molecule has 0 saturated carbocycles. The summed E-state index contributed by atoms with van der Waals surface area (Å²) in [6.45, 7) is 2.78. The number of hydrogen-bond acceptors (Lipinski definition) is 2. The summed E-state index contributed by atoms with van der Waals surface area (Å²) < 4.78 is 0. The maximum atomic E-state index is 6.02. The van der Waals surface area contributed by atoms with Crippen LogP contribution in [0.5, 0.6) is 0 Å². The van der Waals surface area contributed by atoms with E-state index in [1.54, 1.807) is 0 Å². The Morgan fingerprint density at radius 1 is 1.24 bits per heavy atom. The predicted molar refractivity (Wildman–Crippen MR) is 72.2 cm³/mol. The summed E-state index contributed by atoms with van der Waals surface area (Å²) in [5.41, 5.74) is 4.51. The van der Waals surface area contributed by atoms with Crippen molar-refractivity contribution < 1.29 is 0 Å². The van der Waals surface area contributed by atoms with Gasteiger partial charge in [-0.2, -0.15) is 0 Å².